The Balaban J connectivity index is 2.04. The summed E-state index contributed by atoms with van der Waals surface area (Å²) in [6, 6.07) is 6.55. The predicted octanol–water partition coefficient (Wildman–Crippen LogP) is 3.07. The molecule has 0 spiro atoms. The van der Waals surface area contributed by atoms with Crippen molar-refractivity contribution in [2.24, 2.45) is 5.73 Å². The Kier molecular flexibility index (Phi) is 3.67. The van der Waals surface area contributed by atoms with Gasteiger partial charge < -0.3 is 14.9 Å². The Hall–Kier alpha value is -1.81. The molecule has 0 saturated carbocycles. The van der Waals surface area contributed by atoms with Gasteiger partial charge >= 0.3 is 0 Å². The molecule has 0 amide bonds. The fourth-order valence-electron chi connectivity index (χ4n) is 1.73. The molecule has 0 aliphatic carbocycles. The number of aryl methyl sites for hydroxylation is 2. The average molecular weight is 249 g/mol. The van der Waals surface area contributed by atoms with Crippen LogP contribution in [0.1, 0.15) is 22.6 Å². The van der Waals surface area contributed by atoms with Crippen molar-refractivity contribution in [1.82, 2.24) is 0 Å². The number of rotatable bonds is 4. The first-order chi connectivity index (χ1) is 8.60. The summed E-state index contributed by atoms with van der Waals surface area (Å²) in [5, 5.41) is 0. The van der Waals surface area contributed by atoms with E-state index in [0.717, 1.165) is 17.1 Å². The van der Waals surface area contributed by atoms with Crippen LogP contribution in [0.15, 0.2) is 28.7 Å². The lowest BCUT2D eigenvalue weighted by Crippen LogP contribution is -1.96. The van der Waals surface area contributed by atoms with E-state index in [2.05, 4.69) is 0 Å². The predicted molar refractivity (Wildman–Crippen MR) is 66.8 cm³/mol. The van der Waals surface area contributed by atoms with Crippen LogP contribution in [0.5, 0.6) is 5.75 Å². The van der Waals surface area contributed by atoms with Gasteiger partial charge in [-0.3, -0.25) is 0 Å². The van der Waals surface area contributed by atoms with Crippen molar-refractivity contribution in [2.45, 2.75) is 27.0 Å². The van der Waals surface area contributed by atoms with Gasteiger partial charge in [0.1, 0.15) is 29.7 Å². The van der Waals surface area contributed by atoms with Crippen molar-refractivity contribution in [3.8, 4) is 5.75 Å². The number of furan rings is 1. The molecular formula is C14H16FNO2. The SMILES string of the molecule is Cc1cc(OCc2cc(C)c(CN)o2)ccc1F. The van der Waals surface area contributed by atoms with Gasteiger partial charge in [-0.05, 0) is 49.2 Å². The Bertz CT molecular complexity index is 549. The maximum atomic E-state index is 13.1. The number of nitrogens with two attached hydrogens (primary N) is 1. The van der Waals surface area contributed by atoms with Crippen LogP contribution in [-0.4, -0.2) is 0 Å². The third-order valence-corrected chi connectivity index (χ3v) is 2.77. The molecule has 0 fully saturated rings. The summed E-state index contributed by atoms with van der Waals surface area (Å²) in [6.45, 7) is 4.33. The lowest BCUT2D eigenvalue weighted by molar-refractivity contribution is 0.265. The highest BCUT2D eigenvalue weighted by Crippen LogP contribution is 2.19. The molecule has 0 aliphatic heterocycles. The first-order valence-electron chi connectivity index (χ1n) is 5.77. The minimum atomic E-state index is -0.235. The number of hydrogen-bond acceptors (Lipinski definition) is 3. The molecule has 4 heteroatoms. The molecule has 0 bridgehead atoms. The molecule has 0 radical (unpaired) electrons. The largest absolute Gasteiger partial charge is 0.486 e. The number of benzene rings is 1. The topological polar surface area (TPSA) is 48.4 Å². The molecule has 2 rings (SSSR count). The Morgan fingerprint density at radius 2 is 2.00 bits per heavy atom. The fraction of sp³-hybridized carbons (Fsp3) is 0.286. The lowest BCUT2D eigenvalue weighted by Gasteiger charge is -2.05. The molecule has 1 heterocycles. The van der Waals surface area contributed by atoms with E-state index in [1.807, 2.05) is 13.0 Å². The molecule has 1 aromatic heterocycles. The molecule has 18 heavy (non-hydrogen) atoms. The van der Waals surface area contributed by atoms with Crippen LogP contribution in [0.25, 0.3) is 0 Å². The summed E-state index contributed by atoms with van der Waals surface area (Å²) < 4.78 is 24.1. The first-order valence-corrected chi connectivity index (χ1v) is 5.77. The quantitative estimate of drug-likeness (QED) is 0.905. The van der Waals surface area contributed by atoms with E-state index >= 15 is 0 Å². The molecule has 0 atom stereocenters. The van der Waals surface area contributed by atoms with Crippen molar-refractivity contribution in [3.63, 3.8) is 0 Å². The van der Waals surface area contributed by atoms with Crippen LogP contribution >= 0.6 is 0 Å². The summed E-state index contributed by atoms with van der Waals surface area (Å²) >= 11 is 0. The van der Waals surface area contributed by atoms with Crippen molar-refractivity contribution in [1.29, 1.82) is 0 Å². The summed E-state index contributed by atoms with van der Waals surface area (Å²) in [6.07, 6.45) is 0. The van der Waals surface area contributed by atoms with E-state index in [-0.39, 0.29) is 5.82 Å². The van der Waals surface area contributed by atoms with E-state index in [4.69, 9.17) is 14.9 Å². The van der Waals surface area contributed by atoms with Crippen molar-refractivity contribution >= 4 is 0 Å². The van der Waals surface area contributed by atoms with Gasteiger partial charge in [0.15, 0.2) is 0 Å². The van der Waals surface area contributed by atoms with Gasteiger partial charge in [0.25, 0.3) is 0 Å². The van der Waals surface area contributed by atoms with Gasteiger partial charge in [0, 0.05) is 0 Å². The maximum Gasteiger partial charge on any atom is 0.146 e. The standard InChI is InChI=1S/C14H16FNO2/c1-9-5-11(3-4-13(9)15)17-8-12-6-10(2)14(7-16)18-12/h3-6H,7-8,16H2,1-2H3. The highest BCUT2D eigenvalue weighted by Gasteiger charge is 2.07. The summed E-state index contributed by atoms with van der Waals surface area (Å²) in [4.78, 5) is 0. The van der Waals surface area contributed by atoms with E-state index in [0.29, 0.717) is 24.5 Å². The minimum absolute atomic E-state index is 0.235. The van der Waals surface area contributed by atoms with Crippen molar-refractivity contribution < 1.29 is 13.5 Å². The van der Waals surface area contributed by atoms with E-state index in [9.17, 15) is 4.39 Å². The van der Waals surface area contributed by atoms with Crippen LogP contribution in [0.4, 0.5) is 4.39 Å². The molecule has 2 N–H and O–H groups in total. The summed E-state index contributed by atoms with van der Waals surface area (Å²) in [5.41, 5.74) is 7.11. The normalized spacial score (nSPS) is 10.7. The second-order valence-corrected chi connectivity index (χ2v) is 4.22. The van der Waals surface area contributed by atoms with Gasteiger partial charge in [0.05, 0.1) is 6.54 Å². The molecule has 0 unspecified atom stereocenters. The highest BCUT2D eigenvalue weighted by molar-refractivity contribution is 5.29. The smallest absolute Gasteiger partial charge is 0.146 e. The fourth-order valence-corrected chi connectivity index (χ4v) is 1.73. The number of halogens is 1. The molecule has 3 nitrogen and oxygen atoms in total. The highest BCUT2D eigenvalue weighted by atomic mass is 19.1. The molecule has 2 aromatic rings. The number of ether oxygens (including phenoxy) is 1. The van der Waals surface area contributed by atoms with Crippen molar-refractivity contribution in [2.75, 3.05) is 0 Å². The average Bonchev–Trinajstić information content (AvgIpc) is 2.71. The third kappa shape index (κ3) is 2.71. The van der Waals surface area contributed by atoms with Gasteiger partial charge in [0.2, 0.25) is 0 Å². The van der Waals surface area contributed by atoms with Crippen molar-refractivity contribution in [3.05, 3.63) is 52.7 Å². The van der Waals surface area contributed by atoms with Gasteiger partial charge in [-0.2, -0.15) is 0 Å². The van der Waals surface area contributed by atoms with Crippen LogP contribution in [-0.2, 0) is 13.2 Å². The zero-order chi connectivity index (χ0) is 13.1. The van der Waals surface area contributed by atoms with Gasteiger partial charge in [-0.15, -0.1) is 0 Å². The van der Waals surface area contributed by atoms with Gasteiger partial charge in [-0.25, -0.2) is 4.39 Å². The van der Waals surface area contributed by atoms with E-state index in [1.54, 1.807) is 19.1 Å². The molecule has 96 valence electrons. The maximum absolute atomic E-state index is 13.1. The molecule has 0 aliphatic rings. The zero-order valence-electron chi connectivity index (χ0n) is 10.5. The van der Waals surface area contributed by atoms with Crippen LogP contribution in [0, 0.1) is 19.7 Å². The summed E-state index contributed by atoms with van der Waals surface area (Å²) in [5.74, 6) is 1.87. The summed E-state index contributed by atoms with van der Waals surface area (Å²) in [7, 11) is 0. The van der Waals surface area contributed by atoms with Crippen LogP contribution in [0.3, 0.4) is 0 Å². The second-order valence-electron chi connectivity index (χ2n) is 4.22. The molecule has 1 aromatic carbocycles. The van der Waals surface area contributed by atoms with E-state index < -0.39 is 0 Å². The minimum Gasteiger partial charge on any atom is -0.486 e. The van der Waals surface area contributed by atoms with Crippen LogP contribution in [0.2, 0.25) is 0 Å². The Morgan fingerprint density at radius 3 is 2.61 bits per heavy atom. The Morgan fingerprint density at radius 1 is 1.22 bits per heavy atom. The number of hydrogen-bond donors (Lipinski definition) is 1. The third-order valence-electron chi connectivity index (χ3n) is 2.77. The lowest BCUT2D eigenvalue weighted by atomic mass is 10.2. The molecular weight excluding hydrogens is 233 g/mol. The second kappa shape index (κ2) is 5.23. The van der Waals surface area contributed by atoms with E-state index in [1.165, 1.54) is 6.07 Å². The van der Waals surface area contributed by atoms with Crippen LogP contribution < -0.4 is 10.5 Å². The first kappa shape index (κ1) is 12.6. The monoisotopic (exact) mass is 249 g/mol. The zero-order valence-corrected chi connectivity index (χ0v) is 10.5. The van der Waals surface area contributed by atoms with Gasteiger partial charge in [-0.1, -0.05) is 0 Å². The Labute approximate surface area is 105 Å². The molecule has 0 saturated heterocycles.